The molecule has 6 heteroatoms. The number of alkyl halides is 1. The third-order valence-corrected chi connectivity index (χ3v) is 6.56. The molecule has 1 heterocycles. The van der Waals surface area contributed by atoms with Gasteiger partial charge in [-0.3, -0.25) is 4.79 Å². The minimum absolute atomic E-state index is 0.0898. The van der Waals surface area contributed by atoms with Crippen molar-refractivity contribution < 1.29 is 14.0 Å². The molecule has 3 atom stereocenters. The number of hydrogen-bond donors (Lipinski definition) is 2. The van der Waals surface area contributed by atoms with Crippen molar-refractivity contribution in [2.75, 3.05) is 13.1 Å². The van der Waals surface area contributed by atoms with Gasteiger partial charge < -0.3 is 15.5 Å². The molecule has 3 amide bonds. The van der Waals surface area contributed by atoms with Gasteiger partial charge >= 0.3 is 6.03 Å². The third kappa shape index (κ3) is 4.26. The molecule has 2 N–H and O–H groups in total. The topological polar surface area (TPSA) is 61.4 Å². The lowest BCUT2D eigenvalue weighted by Crippen LogP contribution is -2.60. The van der Waals surface area contributed by atoms with E-state index < -0.39 is 11.2 Å². The zero-order valence-corrected chi connectivity index (χ0v) is 15.6. The normalized spacial score (nSPS) is 36.0. The molecule has 3 aliphatic rings. The van der Waals surface area contributed by atoms with Gasteiger partial charge in [-0.1, -0.05) is 13.3 Å². The number of halogens is 1. The largest absolute Gasteiger partial charge is 0.343 e. The molecule has 2 aliphatic carbocycles. The van der Waals surface area contributed by atoms with Crippen LogP contribution in [-0.4, -0.2) is 47.2 Å². The number of nitrogens with one attached hydrogen (secondary N) is 2. The van der Waals surface area contributed by atoms with Crippen LogP contribution < -0.4 is 10.6 Å². The predicted octanol–water partition coefficient (Wildman–Crippen LogP) is 3.14. The van der Waals surface area contributed by atoms with Gasteiger partial charge in [0.1, 0.15) is 5.67 Å². The number of amides is 3. The quantitative estimate of drug-likeness (QED) is 0.819. The van der Waals surface area contributed by atoms with Gasteiger partial charge in [-0.25, -0.2) is 9.18 Å². The van der Waals surface area contributed by atoms with Crippen molar-refractivity contribution in [1.82, 2.24) is 15.5 Å². The highest BCUT2D eigenvalue weighted by atomic mass is 19.1. The van der Waals surface area contributed by atoms with Gasteiger partial charge in [0.15, 0.2) is 0 Å². The Balaban J connectivity index is 1.55. The molecule has 142 valence electrons. The number of piperidine rings is 1. The number of urea groups is 1. The lowest BCUT2D eigenvalue weighted by molar-refractivity contribution is -0.129. The molecule has 1 aliphatic heterocycles. The molecule has 0 aromatic heterocycles. The maximum Gasteiger partial charge on any atom is 0.315 e. The number of carbonyl (C=O) groups excluding carboxylic acids is 2. The highest BCUT2D eigenvalue weighted by Gasteiger charge is 2.50. The fourth-order valence-corrected chi connectivity index (χ4v) is 5.25. The lowest BCUT2D eigenvalue weighted by Gasteiger charge is -2.50. The smallest absolute Gasteiger partial charge is 0.315 e. The minimum Gasteiger partial charge on any atom is -0.343 e. The molecule has 2 saturated carbocycles. The van der Waals surface area contributed by atoms with Crippen LogP contribution >= 0.6 is 0 Å². The van der Waals surface area contributed by atoms with Crippen LogP contribution in [0, 0.1) is 5.92 Å². The molecule has 2 bridgehead atoms. The molecule has 0 aromatic carbocycles. The summed E-state index contributed by atoms with van der Waals surface area (Å²) in [4.78, 5) is 25.8. The number of likely N-dealkylation sites (tertiary alicyclic amines) is 1. The van der Waals surface area contributed by atoms with Gasteiger partial charge in [0.2, 0.25) is 5.91 Å². The molecule has 5 nitrogen and oxygen atoms in total. The molecular formula is C19H32FN3O2. The molecule has 0 spiro atoms. The van der Waals surface area contributed by atoms with E-state index in [9.17, 15) is 9.59 Å². The van der Waals surface area contributed by atoms with Crippen molar-refractivity contribution >= 4 is 11.9 Å². The highest BCUT2D eigenvalue weighted by molar-refractivity contribution is 5.75. The molecule has 3 fully saturated rings. The summed E-state index contributed by atoms with van der Waals surface area (Å²) >= 11 is 0. The second kappa shape index (κ2) is 7.12. The summed E-state index contributed by atoms with van der Waals surface area (Å²) in [7, 11) is 0. The van der Waals surface area contributed by atoms with Crippen molar-refractivity contribution in [3.8, 4) is 0 Å². The molecule has 1 saturated heterocycles. The Labute approximate surface area is 150 Å². The number of hydrogen-bond acceptors (Lipinski definition) is 2. The monoisotopic (exact) mass is 353 g/mol. The van der Waals surface area contributed by atoms with Crippen molar-refractivity contribution in [3.63, 3.8) is 0 Å². The summed E-state index contributed by atoms with van der Waals surface area (Å²) in [6.07, 6.45) is 7.03. The minimum atomic E-state index is -1.10. The first kappa shape index (κ1) is 18.5. The van der Waals surface area contributed by atoms with Gasteiger partial charge in [0.25, 0.3) is 0 Å². The third-order valence-electron chi connectivity index (χ3n) is 6.56. The van der Waals surface area contributed by atoms with Crippen LogP contribution in [0.4, 0.5) is 9.18 Å². The number of carbonyl (C=O) groups is 2. The van der Waals surface area contributed by atoms with Crippen LogP contribution in [0.5, 0.6) is 0 Å². The van der Waals surface area contributed by atoms with Crippen LogP contribution in [0.3, 0.4) is 0 Å². The fourth-order valence-electron chi connectivity index (χ4n) is 5.25. The van der Waals surface area contributed by atoms with Crippen LogP contribution in [0.2, 0.25) is 0 Å². The number of rotatable bonds is 3. The molecule has 0 radical (unpaired) electrons. The Morgan fingerprint density at radius 3 is 2.52 bits per heavy atom. The van der Waals surface area contributed by atoms with Crippen LogP contribution in [0.1, 0.15) is 71.6 Å². The van der Waals surface area contributed by atoms with E-state index in [1.807, 2.05) is 4.90 Å². The highest BCUT2D eigenvalue weighted by Crippen LogP contribution is 2.50. The standard InChI is InChI=1S/C19H32FN3O2/c1-3-19(12-15-5-4-8-18(20,11-15)13-19)22-17(25)21-16-6-9-23(10-7-16)14(2)24/h15-16H,3-13H2,1-2H3,(H2,21,22,25). The average molecular weight is 353 g/mol. The molecule has 3 unspecified atom stereocenters. The van der Waals surface area contributed by atoms with Crippen LogP contribution in [-0.2, 0) is 4.79 Å². The summed E-state index contributed by atoms with van der Waals surface area (Å²) < 4.78 is 15.1. The van der Waals surface area contributed by atoms with Crippen molar-refractivity contribution in [2.45, 2.75) is 88.9 Å². The molecule has 3 rings (SSSR count). The van der Waals surface area contributed by atoms with Gasteiger partial charge in [-0.2, -0.15) is 0 Å². The Hall–Kier alpha value is -1.33. The summed E-state index contributed by atoms with van der Waals surface area (Å²) in [5.74, 6) is 0.487. The first-order valence-corrected chi connectivity index (χ1v) is 9.86. The Morgan fingerprint density at radius 2 is 1.92 bits per heavy atom. The zero-order valence-electron chi connectivity index (χ0n) is 15.6. The van der Waals surface area contributed by atoms with Gasteiger partial charge in [-0.15, -0.1) is 0 Å². The second-order valence-corrected chi connectivity index (χ2v) is 8.51. The van der Waals surface area contributed by atoms with E-state index in [-0.39, 0.29) is 18.0 Å². The molecule has 25 heavy (non-hydrogen) atoms. The molecule has 0 aromatic rings. The summed E-state index contributed by atoms with van der Waals surface area (Å²) in [5.41, 5.74) is -1.51. The predicted molar refractivity (Wildman–Crippen MR) is 95.0 cm³/mol. The van der Waals surface area contributed by atoms with Gasteiger partial charge in [0.05, 0.1) is 0 Å². The van der Waals surface area contributed by atoms with E-state index in [0.29, 0.717) is 38.3 Å². The first-order valence-electron chi connectivity index (χ1n) is 9.86. The Morgan fingerprint density at radius 1 is 1.20 bits per heavy atom. The van der Waals surface area contributed by atoms with Crippen molar-refractivity contribution in [1.29, 1.82) is 0 Å². The fraction of sp³-hybridized carbons (Fsp3) is 0.895. The number of nitrogens with zero attached hydrogens (tertiary/aromatic N) is 1. The second-order valence-electron chi connectivity index (χ2n) is 8.51. The average Bonchev–Trinajstić information content (AvgIpc) is 2.54. The first-order chi connectivity index (χ1) is 11.8. The maximum absolute atomic E-state index is 15.1. The van der Waals surface area contributed by atoms with E-state index >= 15 is 4.39 Å². The lowest BCUT2D eigenvalue weighted by atomic mass is 9.62. The van der Waals surface area contributed by atoms with E-state index in [1.54, 1.807) is 6.92 Å². The van der Waals surface area contributed by atoms with Crippen molar-refractivity contribution in [2.24, 2.45) is 5.92 Å². The van der Waals surface area contributed by atoms with Gasteiger partial charge in [-0.05, 0) is 50.9 Å². The van der Waals surface area contributed by atoms with E-state index in [2.05, 4.69) is 17.6 Å². The van der Waals surface area contributed by atoms with E-state index in [1.165, 1.54) is 0 Å². The zero-order chi connectivity index (χ0) is 18.1. The van der Waals surface area contributed by atoms with Crippen LogP contribution in [0.15, 0.2) is 0 Å². The SMILES string of the molecule is CCC1(NC(=O)NC2CCN(C(C)=O)CC2)CC2CCCC(F)(C2)C1. The summed E-state index contributed by atoms with van der Waals surface area (Å²) in [6, 6.07) is -0.0846. The maximum atomic E-state index is 15.1. The summed E-state index contributed by atoms with van der Waals surface area (Å²) in [5, 5.41) is 6.20. The van der Waals surface area contributed by atoms with Crippen LogP contribution in [0.25, 0.3) is 0 Å². The molecular weight excluding hydrogens is 321 g/mol. The van der Waals surface area contributed by atoms with E-state index in [4.69, 9.17) is 0 Å². The van der Waals surface area contributed by atoms with E-state index in [0.717, 1.165) is 38.5 Å². The summed E-state index contributed by atoms with van der Waals surface area (Å²) in [6.45, 7) is 5.01. The van der Waals surface area contributed by atoms with Gasteiger partial charge in [0, 0.05) is 38.0 Å². The van der Waals surface area contributed by atoms with Crippen molar-refractivity contribution in [3.05, 3.63) is 0 Å². The number of fused-ring (bicyclic) bond motifs is 2. The Kier molecular flexibility index (Phi) is 5.26. The Bertz CT molecular complexity index is 521.